The molecule has 0 saturated carbocycles. The van der Waals surface area contributed by atoms with Crippen LogP contribution in [-0.4, -0.2) is 49.8 Å². The van der Waals surface area contributed by atoms with Crippen molar-refractivity contribution in [1.82, 2.24) is 4.90 Å². The maximum absolute atomic E-state index is 12.3. The monoisotopic (exact) mass is 354 g/mol. The molecular formula is C18H27ClN2O3. The number of nitrogens with one attached hydrogen (secondary N) is 1. The third-order valence-electron chi connectivity index (χ3n) is 4.15. The summed E-state index contributed by atoms with van der Waals surface area (Å²) in [4.78, 5) is 14.7. The fourth-order valence-electron chi connectivity index (χ4n) is 2.71. The zero-order valence-corrected chi connectivity index (χ0v) is 15.3. The van der Waals surface area contributed by atoms with Gasteiger partial charge in [0.2, 0.25) is 5.91 Å². The lowest BCUT2D eigenvalue weighted by Gasteiger charge is -2.32. The quantitative estimate of drug-likeness (QED) is 0.775. The molecule has 0 bridgehead atoms. The zero-order valence-electron chi connectivity index (χ0n) is 14.5. The standard InChI is InChI=1S/C18H27ClN2O3/c1-3-11-24-18-15(19)5-4-6-16(18)20-17(22)8-7-14(2)21-9-12-23-13-10-21/h4-6,14H,3,7-13H2,1-2H3,(H,20,22). The number of hydrogen-bond acceptors (Lipinski definition) is 4. The Morgan fingerprint density at radius 1 is 1.42 bits per heavy atom. The van der Waals surface area contributed by atoms with Crippen LogP contribution in [0.2, 0.25) is 5.02 Å². The van der Waals surface area contributed by atoms with Crippen LogP contribution in [0.15, 0.2) is 18.2 Å². The van der Waals surface area contributed by atoms with Crippen LogP contribution in [0, 0.1) is 0 Å². The van der Waals surface area contributed by atoms with E-state index in [1.54, 1.807) is 6.07 Å². The number of ether oxygens (including phenoxy) is 2. The second-order valence-electron chi connectivity index (χ2n) is 6.05. The molecule has 1 aliphatic rings. The van der Waals surface area contributed by atoms with Gasteiger partial charge in [0.05, 0.1) is 30.5 Å². The molecule has 0 radical (unpaired) electrons. The molecule has 1 unspecified atom stereocenters. The first-order chi connectivity index (χ1) is 11.6. The summed E-state index contributed by atoms with van der Waals surface area (Å²) in [5, 5.41) is 3.44. The van der Waals surface area contributed by atoms with E-state index in [4.69, 9.17) is 21.1 Å². The van der Waals surface area contributed by atoms with Crippen molar-refractivity contribution >= 4 is 23.2 Å². The van der Waals surface area contributed by atoms with Gasteiger partial charge in [-0.1, -0.05) is 24.6 Å². The normalized spacial score (nSPS) is 16.6. The molecule has 24 heavy (non-hydrogen) atoms. The fourth-order valence-corrected chi connectivity index (χ4v) is 2.94. The summed E-state index contributed by atoms with van der Waals surface area (Å²) in [7, 11) is 0. The van der Waals surface area contributed by atoms with E-state index in [0.717, 1.165) is 39.1 Å². The highest BCUT2D eigenvalue weighted by atomic mass is 35.5. The Hall–Kier alpha value is -1.30. The summed E-state index contributed by atoms with van der Waals surface area (Å²) in [6.45, 7) is 8.18. The number of carbonyl (C=O) groups excluding carboxylic acids is 1. The molecule has 1 heterocycles. The molecular weight excluding hydrogens is 328 g/mol. The Bertz CT molecular complexity index is 533. The molecule has 134 valence electrons. The first-order valence-electron chi connectivity index (χ1n) is 8.64. The highest BCUT2D eigenvalue weighted by molar-refractivity contribution is 6.32. The molecule has 0 aliphatic carbocycles. The second-order valence-corrected chi connectivity index (χ2v) is 6.46. The summed E-state index contributed by atoms with van der Waals surface area (Å²) in [5.41, 5.74) is 0.639. The Balaban J connectivity index is 1.86. The summed E-state index contributed by atoms with van der Waals surface area (Å²) < 4.78 is 11.0. The first-order valence-corrected chi connectivity index (χ1v) is 9.02. The van der Waals surface area contributed by atoms with E-state index in [2.05, 4.69) is 17.1 Å². The van der Waals surface area contributed by atoms with Gasteiger partial charge in [-0.3, -0.25) is 9.69 Å². The number of amides is 1. The van der Waals surface area contributed by atoms with Crippen LogP contribution in [0.3, 0.4) is 0 Å². The topological polar surface area (TPSA) is 50.8 Å². The predicted octanol–water partition coefficient (Wildman–Crippen LogP) is 3.57. The van der Waals surface area contributed by atoms with E-state index in [0.29, 0.717) is 35.5 Å². The Morgan fingerprint density at radius 3 is 2.88 bits per heavy atom. The summed E-state index contributed by atoms with van der Waals surface area (Å²) in [6, 6.07) is 5.77. The zero-order chi connectivity index (χ0) is 17.4. The van der Waals surface area contributed by atoms with Crippen molar-refractivity contribution in [3.8, 4) is 5.75 Å². The van der Waals surface area contributed by atoms with Crippen LogP contribution >= 0.6 is 11.6 Å². The van der Waals surface area contributed by atoms with Crippen molar-refractivity contribution in [2.75, 3.05) is 38.2 Å². The maximum Gasteiger partial charge on any atom is 0.224 e. The van der Waals surface area contributed by atoms with Gasteiger partial charge in [0.15, 0.2) is 5.75 Å². The number of carbonyl (C=O) groups is 1. The lowest BCUT2D eigenvalue weighted by Crippen LogP contribution is -2.42. The van der Waals surface area contributed by atoms with Crippen molar-refractivity contribution in [3.63, 3.8) is 0 Å². The minimum Gasteiger partial charge on any atom is -0.490 e. The highest BCUT2D eigenvalue weighted by Gasteiger charge is 2.18. The number of rotatable bonds is 8. The third kappa shape index (κ3) is 5.65. The average Bonchev–Trinajstić information content (AvgIpc) is 2.60. The molecule has 1 amide bonds. The largest absolute Gasteiger partial charge is 0.490 e. The number of nitrogens with zero attached hydrogens (tertiary/aromatic N) is 1. The number of hydrogen-bond donors (Lipinski definition) is 1. The number of para-hydroxylation sites is 1. The van der Waals surface area contributed by atoms with Gasteiger partial charge in [-0.15, -0.1) is 0 Å². The lowest BCUT2D eigenvalue weighted by atomic mass is 10.1. The number of anilines is 1. The number of morpholine rings is 1. The van der Waals surface area contributed by atoms with Crippen molar-refractivity contribution < 1.29 is 14.3 Å². The van der Waals surface area contributed by atoms with E-state index in [1.165, 1.54) is 0 Å². The van der Waals surface area contributed by atoms with Gasteiger partial charge in [-0.05, 0) is 31.9 Å². The number of halogens is 1. The second kappa shape index (κ2) is 9.87. The fraction of sp³-hybridized carbons (Fsp3) is 0.611. The minimum atomic E-state index is -0.0151. The molecule has 1 atom stereocenters. The van der Waals surface area contributed by atoms with Crippen LogP contribution in [0.4, 0.5) is 5.69 Å². The van der Waals surface area contributed by atoms with Gasteiger partial charge in [0.25, 0.3) is 0 Å². The lowest BCUT2D eigenvalue weighted by molar-refractivity contribution is -0.116. The van der Waals surface area contributed by atoms with E-state index in [-0.39, 0.29) is 5.91 Å². The molecule has 1 aliphatic heterocycles. The molecule has 1 fully saturated rings. The van der Waals surface area contributed by atoms with Crippen molar-refractivity contribution in [3.05, 3.63) is 23.2 Å². The molecule has 1 aromatic rings. The maximum atomic E-state index is 12.3. The Morgan fingerprint density at radius 2 is 2.17 bits per heavy atom. The molecule has 6 heteroatoms. The molecule has 0 spiro atoms. The van der Waals surface area contributed by atoms with Gasteiger partial charge in [-0.2, -0.15) is 0 Å². The van der Waals surface area contributed by atoms with Crippen LogP contribution in [0.25, 0.3) is 0 Å². The van der Waals surface area contributed by atoms with Gasteiger partial charge in [-0.25, -0.2) is 0 Å². The molecule has 5 nitrogen and oxygen atoms in total. The molecule has 1 saturated heterocycles. The summed E-state index contributed by atoms with van der Waals surface area (Å²) in [5.74, 6) is 0.536. The van der Waals surface area contributed by atoms with Crippen LogP contribution in [-0.2, 0) is 9.53 Å². The SMILES string of the molecule is CCCOc1c(Cl)cccc1NC(=O)CCC(C)N1CCOCC1. The van der Waals surface area contributed by atoms with Gasteiger partial charge in [0, 0.05) is 25.6 Å². The molecule has 2 rings (SSSR count). The van der Waals surface area contributed by atoms with E-state index >= 15 is 0 Å². The highest BCUT2D eigenvalue weighted by Crippen LogP contribution is 2.33. The third-order valence-corrected chi connectivity index (χ3v) is 4.45. The van der Waals surface area contributed by atoms with Gasteiger partial charge >= 0.3 is 0 Å². The van der Waals surface area contributed by atoms with Crippen molar-refractivity contribution in [2.24, 2.45) is 0 Å². The van der Waals surface area contributed by atoms with E-state index in [1.807, 2.05) is 19.1 Å². The average molecular weight is 355 g/mol. The van der Waals surface area contributed by atoms with Gasteiger partial charge in [0.1, 0.15) is 0 Å². The first kappa shape index (κ1) is 19.0. The number of benzene rings is 1. The van der Waals surface area contributed by atoms with Crippen LogP contribution < -0.4 is 10.1 Å². The Labute approximate surface area is 149 Å². The van der Waals surface area contributed by atoms with Crippen LogP contribution in [0.5, 0.6) is 5.75 Å². The predicted molar refractivity (Wildman–Crippen MR) is 97.0 cm³/mol. The smallest absolute Gasteiger partial charge is 0.224 e. The molecule has 1 aromatic carbocycles. The van der Waals surface area contributed by atoms with Crippen LogP contribution in [0.1, 0.15) is 33.1 Å². The van der Waals surface area contributed by atoms with Gasteiger partial charge < -0.3 is 14.8 Å². The Kier molecular flexibility index (Phi) is 7.82. The minimum absolute atomic E-state index is 0.0151. The molecule has 1 N–H and O–H groups in total. The van der Waals surface area contributed by atoms with Crippen molar-refractivity contribution in [1.29, 1.82) is 0 Å². The van der Waals surface area contributed by atoms with Crippen molar-refractivity contribution in [2.45, 2.75) is 39.2 Å². The summed E-state index contributed by atoms with van der Waals surface area (Å²) >= 11 is 6.18. The van der Waals surface area contributed by atoms with E-state index in [9.17, 15) is 4.79 Å². The molecule has 0 aromatic heterocycles. The summed E-state index contributed by atoms with van der Waals surface area (Å²) in [6.07, 6.45) is 2.17. The van der Waals surface area contributed by atoms with E-state index < -0.39 is 0 Å².